The quantitative estimate of drug-likeness (QED) is 0.188. The average molecular weight is 696 g/mol. The van der Waals surface area contributed by atoms with E-state index in [1.165, 1.54) is 16.5 Å². The van der Waals surface area contributed by atoms with Crippen LogP contribution in [-0.4, -0.2) is 5.84 Å². The van der Waals surface area contributed by atoms with E-state index in [0.717, 1.165) is 82.9 Å². The number of rotatable bonds is 5. The molecule has 0 amide bonds. The fraction of sp³-hybridized carbons (Fsp3) is 0.0408. The predicted octanol–water partition coefficient (Wildman–Crippen LogP) is 12.3. The molecule has 2 unspecified atom stereocenters. The monoisotopic (exact) mass is 695 g/mol. The first-order chi connectivity index (χ1) is 26.7. The van der Waals surface area contributed by atoms with Gasteiger partial charge in [-0.1, -0.05) is 133 Å². The van der Waals surface area contributed by atoms with Gasteiger partial charge in [-0.25, -0.2) is 4.99 Å². The molecule has 0 radical (unpaired) electrons. The van der Waals surface area contributed by atoms with Crippen molar-refractivity contribution in [3.8, 4) is 22.3 Å². The minimum atomic E-state index is -0.423. The summed E-state index contributed by atoms with van der Waals surface area (Å²) in [5.41, 5.74) is 11.1. The van der Waals surface area contributed by atoms with Crippen LogP contribution in [0.3, 0.4) is 0 Å². The van der Waals surface area contributed by atoms with E-state index in [9.17, 15) is 0 Å². The molecule has 256 valence electrons. The Morgan fingerprint density at radius 3 is 1.89 bits per heavy atom. The lowest BCUT2D eigenvalue weighted by Crippen LogP contribution is -2.45. The van der Waals surface area contributed by atoms with Crippen LogP contribution in [-0.2, 0) is 0 Å². The fourth-order valence-corrected chi connectivity index (χ4v) is 8.15. The van der Waals surface area contributed by atoms with E-state index < -0.39 is 6.17 Å². The molecule has 0 saturated carbocycles. The highest BCUT2D eigenvalue weighted by atomic mass is 16.3. The molecule has 5 heteroatoms. The van der Waals surface area contributed by atoms with Gasteiger partial charge in [0.15, 0.2) is 0 Å². The normalized spacial score (nSPS) is 16.0. The number of hydrogen-bond donors (Lipinski definition) is 2. The number of amidine groups is 1. The molecule has 1 aliphatic rings. The lowest BCUT2D eigenvalue weighted by atomic mass is 9.92. The zero-order valence-electron chi connectivity index (χ0n) is 29.2. The maximum atomic E-state index is 6.49. The minimum absolute atomic E-state index is 0.209. The summed E-state index contributed by atoms with van der Waals surface area (Å²) in [6, 6.07) is 61.6. The van der Waals surface area contributed by atoms with Crippen LogP contribution in [0.1, 0.15) is 29.0 Å². The summed E-state index contributed by atoms with van der Waals surface area (Å²) in [4.78, 5) is 5.52. The lowest BCUT2D eigenvalue weighted by molar-refractivity contribution is 0.411. The van der Waals surface area contributed by atoms with Crippen LogP contribution in [0.25, 0.3) is 76.9 Å². The number of furan rings is 2. The topological polar surface area (TPSA) is 62.7 Å². The molecule has 2 aromatic heterocycles. The molecule has 11 rings (SSSR count). The molecule has 3 heterocycles. The van der Waals surface area contributed by atoms with Gasteiger partial charge < -0.3 is 14.2 Å². The van der Waals surface area contributed by atoms with Crippen LogP contribution >= 0.6 is 0 Å². The van der Waals surface area contributed by atoms with E-state index in [0.29, 0.717) is 0 Å². The summed E-state index contributed by atoms with van der Waals surface area (Å²) in [5.74, 6) is 0.824. The predicted molar refractivity (Wildman–Crippen MR) is 221 cm³/mol. The average Bonchev–Trinajstić information content (AvgIpc) is 3.81. The van der Waals surface area contributed by atoms with Crippen molar-refractivity contribution in [1.82, 2.24) is 10.6 Å². The number of fused-ring (bicyclic) bond motifs is 7. The van der Waals surface area contributed by atoms with Gasteiger partial charge in [0.25, 0.3) is 0 Å². The maximum Gasteiger partial charge on any atom is 0.136 e. The Morgan fingerprint density at radius 1 is 0.444 bits per heavy atom. The third-order valence-electron chi connectivity index (χ3n) is 10.8. The molecule has 10 aromatic rings. The van der Waals surface area contributed by atoms with E-state index in [-0.39, 0.29) is 6.17 Å². The van der Waals surface area contributed by atoms with Gasteiger partial charge in [0.05, 0.1) is 0 Å². The zero-order valence-corrected chi connectivity index (χ0v) is 29.2. The van der Waals surface area contributed by atoms with E-state index in [1.807, 2.05) is 24.3 Å². The first kappa shape index (κ1) is 30.7. The number of para-hydroxylation sites is 2. The van der Waals surface area contributed by atoms with Gasteiger partial charge in [-0.2, -0.15) is 0 Å². The zero-order chi connectivity index (χ0) is 35.6. The summed E-state index contributed by atoms with van der Waals surface area (Å²) >= 11 is 0. The molecule has 8 aromatic carbocycles. The molecule has 0 aliphatic carbocycles. The second-order valence-corrected chi connectivity index (χ2v) is 14.0. The van der Waals surface area contributed by atoms with Crippen LogP contribution < -0.4 is 10.6 Å². The molecular formula is C49H33N3O2. The van der Waals surface area contributed by atoms with Crippen LogP contribution in [0.5, 0.6) is 0 Å². The molecule has 54 heavy (non-hydrogen) atoms. The van der Waals surface area contributed by atoms with Crippen molar-refractivity contribution >= 4 is 60.5 Å². The summed E-state index contributed by atoms with van der Waals surface area (Å²) in [6.45, 7) is 0. The number of aliphatic imine (C=N–C) groups is 1. The van der Waals surface area contributed by atoms with Gasteiger partial charge in [0.1, 0.15) is 40.5 Å². The van der Waals surface area contributed by atoms with Crippen molar-refractivity contribution in [2.45, 2.75) is 12.3 Å². The fourth-order valence-electron chi connectivity index (χ4n) is 8.15. The van der Waals surface area contributed by atoms with Gasteiger partial charge in [0, 0.05) is 32.7 Å². The van der Waals surface area contributed by atoms with Gasteiger partial charge >= 0.3 is 0 Å². The van der Waals surface area contributed by atoms with Crippen LogP contribution in [0.15, 0.2) is 190 Å². The van der Waals surface area contributed by atoms with Crippen LogP contribution in [0, 0.1) is 0 Å². The van der Waals surface area contributed by atoms with E-state index in [1.54, 1.807) is 0 Å². The Morgan fingerprint density at radius 2 is 1.07 bits per heavy atom. The molecular weight excluding hydrogens is 663 g/mol. The van der Waals surface area contributed by atoms with E-state index in [2.05, 4.69) is 162 Å². The van der Waals surface area contributed by atoms with E-state index >= 15 is 0 Å². The minimum Gasteiger partial charge on any atom is -0.456 e. The smallest absolute Gasteiger partial charge is 0.136 e. The summed E-state index contributed by atoms with van der Waals surface area (Å²) in [7, 11) is 0. The van der Waals surface area contributed by atoms with Crippen molar-refractivity contribution < 1.29 is 8.83 Å². The van der Waals surface area contributed by atoms with Crippen molar-refractivity contribution in [3.63, 3.8) is 0 Å². The van der Waals surface area contributed by atoms with Crippen molar-refractivity contribution in [1.29, 1.82) is 0 Å². The largest absolute Gasteiger partial charge is 0.456 e. The Hall–Kier alpha value is -6.95. The third-order valence-corrected chi connectivity index (χ3v) is 10.8. The maximum absolute atomic E-state index is 6.49. The SMILES string of the molecule is c1ccc(-c2ccc3cc(C4=NC(c5c(-c6ccc7c(c6)oc6ccccc67)ccc6oc7ccccc7c56)NC(c5ccccc5)N4)ccc3c2)cc1. The molecule has 0 saturated heterocycles. The molecule has 2 N–H and O–H groups in total. The Bertz CT molecular complexity index is 3070. The first-order valence-electron chi connectivity index (χ1n) is 18.3. The molecule has 0 fully saturated rings. The Balaban J connectivity index is 1.11. The van der Waals surface area contributed by atoms with Gasteiger partial charge in [0.2, 0.25) is 0 Å². The second-order valence-electron chi connectivity index (χ2n) is 14.0. The van der Waals surface area contributed by atoms with Gasteiger partial charge in [-0.05, 0) is 81.1 Å². The molecule has 0 bridgehead atoms. The van der Waals surface area contributed by atoms with Crippen molar-refractivity contribution in [3.05, 3.63) is 193 Å². The number of nitrogens with zero attached hydrogens (tertiary/aromatic N) is 1. The Labute approximate surface area is 311 Å². The van der Waals surface area contributed by atoms with Crippen LogP contribution in [0.4, 0.5) is 0 Å². The highest BCUT2D eigenvalue weighted by Crippen LogP contribution is 2.43. The van der Waals surface area contributed by atoms with Gasteiger partial charge in [-0.3, -0.25) is 5.32 Å². The summed E-state index contributed by atoms with van der Waals surface area (Å²) < 4.78 is 12.9. The lowest BCUT2D eigenvalue weighted by Gasteiger charge is -2.33. The highest BCUT2D eigenvalue weighted by molar-refractivity contribution is 6.11. The van der Waals surface area contributed by atoms with Crippen molar-refractivity contribution in [2.24, 2.45) is 4.99 Å². The van der Waals surface area contributed by atoms with Crippen LogP contribution in [0.2, 0.25) is 0 Å². The number of benzene rings is 8. The van der Waals surface area contributed by atoms with E-state index in [4.69, 9.17) is 13.8 Å². The first-order valence-corrected chi connectivity index (χ1v) is 18.3. The standard InChI is InChI=1S/C49H33N3O2/c1-3-11-30(12-4-1)32-19-20-34-28-36(22-21-33(34)27-32)48-50-47(31-13-5-2-6-14-31)51-49(52-48)46-37(25-26-43-45(46)40-16-8-10-18-42(40)53-43)35-23-24-39-38-15-7-9-17-41(38)54-44(39)29-35/h1-29,47,49,51H,(H,50,52). The summed E-state index contributed by atoms with van der Waals surface area (Å²) in [6.07, 6.45) is -0.632. The summed E-state index contributed by atoms with van der Waals surface area (Å²) in [5, 5.41) is 14.3. The molecule has 2 atom stereocenters. The molecule has 5 nitrogen and oxygen atoms in total. The van der Waals surface area contributed by atoms with Gasteiger partial charge in [-0.15, -0.1) is 0 Å². The van der Waals surface area contributed by atoms with Crippen molar-refractivity contribution in [2.75, 3.05) is 0 Å². The highest BCUT2D eigenvalue weighted by Gasteiger charge is 2.30. The third kappa shape index (κ3) is 5.09. The molecule has 0 spiro atoms. The number of nitrogens with one attached hydrogen (secondary N) is 2. The molecule has 1 aliphatic heterocycles. The Kier molecular flexibility index (Phi) is 7.00. The number of hydrogen-bond acceptors (Lipinski definition) is 5. The second kappa shape index (κ2) is 12.3.